The second-order valence-electron chi connectivity index (χ2n) is 9.20. The number of para-hydroxylation sites is 1. The van der Waals surface area contributed by atoms with Gasteiger partial charge in [0.2, 0.25) is 11.8 Å². The highest BCUT2D eigenvalue weighted by atomic mass is 32.2. The van der Waals surface area contributed by atoms with Crippen LogP contribution in [0, 0.1) is 0 Å². The van der Waals surface area contributed by atoms with E-state index in [2.05, 4.69) is 15.6 Å². The van der Waals surface area contributed by atoms with Gasteiger partial charge in [-0.3, -0.25) is 19.3 Å². The van der Waals surface area contributed by atoms with Gasteiger partial charge in [0.1, 0.15) is 23.4 Å². The Morgan fingerprint density at radius 3 is 2.75 bits per heavy atom. The number of furan rings is 1. The van der Waals surface area contributed by atoms with E-state index < -0.39 is 11.3 Å². The summed E-state index contributed by atoms with van der Waals surface area (Å²) in [5.41, 5.74) is 2.03. The molecule has 3 heterocycles. The lowest BCUT2D eigenvalue weighted by atomic mass is 10.1. The number of nitrogens with zero attached hydrogens (tertiary/aromatic N) is 3. The maximum atomic E-state index is 13.3. The highest BCUT2D eigenvalue weighted by Gasteiger charge is 2.42. The fourth-order valence-corrected chi connectivity index (χ4v) is 5.55. The zero-order valence-electron chi connectivity index (χ0n) is 22.1. The molecule has 2 aromatic carbocycles. The number of benzene rings is 2. The van der Waals surface area contributed by atoms with Gasteiger partial charge in [0.15, 0.2) is 5.17 Å². The van der Waals surface area contributed by atoms with E-state index in [0.717, 1.165) is 5.56 Å². The molecule has 2 aliphatic heterocycles. The van der Waals surface area contributed by atoms with Crippen LogP contribution in [0.1, 0.15) is 37.5 Å². The van der Waals surface area contributed by atoms with Gasteiger partial charge < -0.3 is 19.8 Å². The van der Waals surface area contributed by atoms with Crippen LogP contribution in [0.4, 0.5) is 11.4 Å². The molecule has 0 radical (unpaired) electrons. The summed E-state index contributed by atoms with van der Waals surface area (Å²) in [6.45, 7) is 2.19. The quantitative estimate of drug-likeness (QED) is 0.375. The second-order valence-corrected chi connectivity index (χ2v) is 10.4. The van der Waals surface area contributed by atoms with Gasteiger partial charge in [-0.2, -0.15) is 4.99 Å². The number of fused-ring (bicyclic) bond motifs is 3. The van der Waals surface area contributed by atoms with Crippen molar-refractivity contribution < 1.29 is 23.5 Å². The largest absolute Gasteiger partial charge is 0.497 e. The lowest BCUT2D eigenvalue weighted by Gasteiger charge is -2.32. The number of amides is 3. The molecule has 1 aromatic heterocycles. The molecule has 11 heteroatoms. The number of nitrogens with one attached hydrogen (secondary N) is 2. The number of rotatable bonds is 10. The minimum Gasteiger partial charge on any atom is -0.497 e. The van der Waals surface area contributed by atoms with Crippen molar-refractivity contribution in [3.8, 4) is 5.75 Å². The lowest BCUT2D eigenvalue weighted by molar-refractivity contribution is -0.122. The Labute approximate surface area is 235 Å². The summed E-state index contributed by atoms with van der Waals surface area (Å²) in [6.07, 6.45) is 2.42. The van der Waals surface area contributed by atoms with Gasteiger partial charge in [-0.25, -0.2) is 4.99 Å². The summed E-state index contributed by atoms with van der Waals surface area (Å²) in [4.78, 5) is 49.9. The van der Waals surface area contributed by atoms with Gasteiger partial charge in [0.25, 0.3) is 5.91 Å². The van der Waals surface area contributed by atoms with Crippen molar-refractivity contribution >= 4 is 51.9 Å². The van der Waals surface area contributed by atoms with Crippen LogP contribution in [-0.4, -0.2) is 52.0 Å². The van der Waals surface area contributed by atoms with E-state index >= 15 is 0 Å². The number of carbonyl (C=O) groups is 3. The fraction of sp³-hybridized carbons (Fsp3) is 0.276. The minimum atomic E-state index is -0.706. The van der Waals surface area contributed by atoms with Crippen LogP contribution >= 0.6 is 11.8 Å². The van der Waals surface area contributed by atoms with Crippen LogP contribution in [-0.2, 0) is 20.9 Å². The Kier molecular flexibility index (Phi) is 8.30. The SMILES string of the molecule is CCC(SC1=Nc2ccccc2C2=NC(=O)C(CCC(=O)NCc3ccco3)N12)C(=O)Nc1cccc(OC)c1. The number of anilines is 1. The summed E-state index contributed by atoms with van der Waals surface area (Å²) >= 11 is 1.28. The summed E-state index contributed by atoms with van der Waals surface area (Å²) in [5, 5.41) is 5.77. The van der Waals surface area contributed by atoms with E-state index in [4.69, 9.17) is 14.1 Å². The van der Waals surface area contributed by atoms with Gasteiger partial charge in [0, 0.05) is 23.7 Å². The normalized spacial score (nSPS) is 16.4. The van der Waals surface area contributed by atoms with Gasteiger partial charge in [0.05, 0.1) is 30.9 Å². The Morgan fingerprint density at radius 1 is 1.12 bits per heavy atom. The number of ether oxygens (including phenoxy) is 1. The van der Waals surface area contributed by atoms with Crippen molar-refractivity contribution in [2.45, 2.75) is 44.0 Å². The third-order valence-corrected chi connectivity index (χ3v) is 7.87. The number of methoxy groups -OCH3 is 1. The predicted octanol–water partition coefficient (Wildman–Crippen LogP) is 4.49. The van der Waals surface area contributed by atoms with E-state index in [1.165, 1.54) is 11.8 Å². The molecule has 40 heavy (non-hydrogen) atoms. The topological polar surface area (TPSA) is 126 Å². The van der Waals surface area contributed by atoms with Crippen LogP contribution in [0.25, 0.3) is 0 Å². The summed E-state index contributed by atoms with van der Waals surface area (Å²) < 4.78 is 10.5. The first-order chi connectivity index (χ1) is 19.5. The first kappa shape index (κ1) is 27.2. The molecule has 0 saturated carbocycles. The summed E-state index contributed by atoms with van der Waals surface area (Å²) in [6, 6.07) is 17.4. The van der Waals surface area contributed by atoms with Crippen molar-refractivity contribution in [1.82, 2.24) is 10.2 Å². The highest BCUT2D eigenvalue weighted by molar-refractivity contribution is 8.15. The van der Waals surface area contributed by atoms with Crippen molar-refractivity contribution in [2.75, 3.05) is 12.4 Å². The van der Waals surface area contributed by atoms with E-state index in [1.807, 2.05) is 31.2 Å². The fourth-order valence-electron chi connectivity index (χ4n) is 4.49. The lowest BCUT2D eigenvalue weighted by Crippen LogP contribution is -2.45. The molecule has 3 amide bonds. The van der Waals surface area contributed by atoms with Crippen molar-refractivity contribution in [3.05, 3.63) is 78.3 Å². The van der Waals surface area contributed by atoms with Gasteiger partial charge >= 0.3 is 0 Å². The standard InChI is InChI=1S/C29H29N5O5S/c1-3-24(28(37)31-18-8-6-9-19(16-18)38-2)40-29-32-22-12-5-4-11-21(22)26-33-27(36)23(34(26)29)13-14-25(35)30-17-20-10-7-15-39-20/h4-12,15-16,23-24H,3,13-14,17H2,1-2H3,(H,30,35)(H,31,37). The number of thioether (sulfide) groups is 1. The maximum absolute atomic E-state index is 13.3. The van der Waals surface area contributed by atoms with Gasteiger partial charge in [-0.05, 0) is 49.2 Å². The van der Waals surface area contributed by atoms with Crippen LogP contribution in [0.2, 0.25) is 0 Å². The van der Waals surface area contributed by atoms with Crippen LogP contribution in [0.5, 0.6) is 5.75 Å². The second kappa shape index (κ2) is 12.2. The molecule has 0 aliphatic carbocycles. The number of carbonyl (C=O) groups excluding carboxylic acids is 3. The minimum absolute atomic E-state index is 0.115. The number of hydrogen-bond acceptors (Lipinski definition) is 8. The van der Waals surface area contributed by atoms with Gasteiger partial charge in [-0.1, -0.05) is 36.9 Å². The zero-order valence-corrected chi connectivity index (χ0v) is 22.9. The molecule has 3 aromatic rings. The maximum Gasteiger partial charge on any atom is 0.270 e. The van der Waals surface area contributed by atoms with E-state index in [-0.39, 0.29) is 37.1 Å². The molecule has 0 fully saturated rings. The summed E-state index contributed by atoms with van der Waals surface area (Å²) in [7, 11) is 1.57. The first-order valence-corrected chi connectivity index (χ1v) is 13.8. The molecule has 5 rings (SSSR count). The molecular formula is C29H29N5O5S. The number of hydrogen-bond donors (Lipinski definition) is 2. The van der Waals surface area contributed by atoms with E-state index in [0.29, 0.717) is 40.3 Å². The molecule has 206 valence electrons. The van der Waals surface area contributed by atoms with E-state index in [1.54, 1.807) is 54.7 Å². The number of aliphatic imine (C=N–C) groups is 2. The Bertz CT molecular complexity index is 1470. The Morgan fingerprint density at radius 2 is 1.98 bits per heavy atom. The highest BCUT2D eigenvalue weighted by Crippen LogP contribution is 2.37. The van der Waals surface area contributed by atoms with E-state index in [9.17, 15) is 14.4 Å². The molecule has 2 N–H and O–H groups in total. The smallest absolute Gasteiger partial charge is 0.270 e. The average Bonchev–Trinajstić information content (AvgIpc) is 3.61. The van der Waals surface area contributed by atoms with Gasteiger partial charge in [-0.15, -0.1) is 0 Å². The molecule has 2 atom stereocenters. The van der Waals surface area contributed by atoms with Crippen molar-refractivity contribution in [3.63, 3.8) is 0 Å². The molecule has 2 unspecified atom stereocenters. The molecule has 2 aliphatic rings. The molecule has 10 nitrogen and oxygen atoms in total. The van der Waals surface area contributed by atoms with Crippen LogP contribution in [0.3, 0.4) is 0 Å². The zero-order chi connectivity index (χ0) is 28.1. The number of amidine groups is 2. The Hall–Kier alpha value is -4.38. The van der Waals surface area contributed by atoms with Crippen LogP contribution < -0.4 is 15.4 Å². The van der Waals surface area contributed by atoms with Crippen molar-refractivity contribution in [1.29, 1.82) is 0 Å². The first-order valence-electron chi connectivity index (χ1n) is 13.0. The van der Waals surface area contributed by atoms with Crippen LogP contribution in [0.15, 0.2) is 81.3 Å². The Balaban J connectivity index is 1.33. The predicted molar refractivity (Wildman–Crippen MR) is 154 cm³/mol. The third kappa shape index (κ3) is 5.94. The molecule has 0 spiro atoms. The molecular weight excluding hydrogens is 530 g/mol. The molecule has 0 bridgehead atoms. The summed E-state index contributed by atoms with van der Waals surface area (Å²) in [5.74, 6) is 1.03. The molecule has 0 saturated heterocycles. The monoisotopic (exact) mass is 559 g/mol. The van der Waals surface area contributed by atoms with Crippen molar-refractivity contribution in [2.24, 2.45) is 9.98 Å². The average molecular weight is 560 g/mol. The third-order valence-electron chi connectivity index (χ3n) is 6.54.